The summed E-state index contributed by atoms with van der Waals surface area (Å²) in [5.74, 6) is 0. The Morgan fingerprint density at radius 2 is 0.679 bits per heavy atom. The molecule has 0 spiro atoms. The van der Waals surface area contributed by atoms with E-state index in [0.29, 0.717) is 0 Å². The lowest BCUT2D eigenvalue weighted by Crippen LogP contribution is -2.55. The summed E-state index contributed by atoms with van der Waals surface area (Å²) in [5, 5.41) is 7.92. The number of para-hydroxylation sites is 6. The summed E-state index contributed by atoms with van der Waals surface area (Å²) in [5.41, 5.74) is 24.0. The molecule has 0 radical (unpaired) electrons. The van der Waals surface area contributed by atoms with Crippen molar-refractivity contribution in [2.24, 2.45) is 0 Å². The van der Waals surface area contributed by atoms with Crippen LogP contribution in [0.25, 0.3) is 110 Å². The minimum absolute atomic E-state index is 0.0235. The van der Waals surface area contributed by atoms with Gasteiger partial charge in [-0.1, -0.05) is 133 Å². The largest absolute Gasteiger partial charge is 0.374 e. The summed E-state index contributed by atoms with van der Waals surface area (Å²) in [6, 6.07) is 60.1. The highest BCUT2D eigenvalue weighted by molar-refractivity contribution is 6.92. The molecule has 0 amide bonds. The average molecular weight is 704 g/mol. The maximum absolute atomic E-state index is 2.77. The number of hydrogen-bond donors (Lipinski definition) is 0. The van der Waals surface area contributed by atoms with E-state index in [0.717, 1.165) is 0 Å². The Balaban J connectivity index is 1.13. The van der Waals surface area contributed by atoms with Gasteiger partial charge in [0.2, 0.25) is 0 Å². The molecular formula is C50H26B2N4. The second-order valence-electron chi connectivity index (χ2n) is 16.3. The van der Waals surface area contributed by atoms with Crippen molar-refractivity contribution in [1.82, 2.24) is 18.1 Å². The van der Waals surface area contributed by atoms with Crippen LogP contribution in [0.1, 0.15) is 0 Å². The van der Waals surface area contributed by atoms with Crippen LogP contribution in [-0.2, 0) is 0 Å². The summed E-state index contributed by atoms with van der Waals surface area (Å²) in [4.78, 5) is 0. The Morgan fingerprint density at radius 3 is 1.18 bits per heavy atom. The molecule has 0 saturated carbocycles. The quantitative estimate of drug-likeness (QED) is 0.141. The zero-order chi connectivity index (χ0) is 35.7. The van der Waals surface area contributed by atoms with E-state index < -0.39 is 0 Å². The molecule has 0 unspecified atom stereocenters. The monoisotopic (exact) mass is 704 g/mol. The molecule has 0 fully saturated rings. The van der Waals surface area contributed by atoms with Gasteiger partial charge in [-0.3, -0.25) is 0 Å². The van der Waals surface area contributed by atoms with Gasteiger partial charge in [-0.25, -0.2) is 0 Å². The lowest BCUT2D eigenvalue weighted by atomic mass is 9.45. The van der Waals surface area contributed by atoms with Gasteiger partial charge in [0.05, 0.1) is 33.1 Å². The van der Waals surface area contributed by atoms with E-state index >= 15 is 0 Å². The molecule has 4 aromatic heterocycles. The molecule has 0 bridgehead atoms. The maximum Gasteiger partial charge on any atom is 0.333 e. The van der Waals surface area contributed by atoms with Crippen molar-refractivity contribution in [2.75, 3.05) is 0 Å². The second kappa shape index (κ2) is 8.86. The second-order valence-corrected chi connectivity index (χ2v) is 16.3. The van der Waals surface area contributed by atoms with Gasteiger partial charge in [0.25, 0.3) is 0 Å². The van der Waals surface area contributed by atoms with E-state index in [1.165, 1.54) is 132 Å². The Hall–Kier alpha value is -7.17. The predicted molar refractivity (Wildman–Crippen MR) is 235 cm³/mol. The summed E-state index contributed by atoms with van der Waals surface area (Å²) in [7, 11) is 0. The van der Waals surface area contributed by atoms with Gasteiger partial charge in [0.1, 0.15) is 0 Å². The summed E-state index contributed by atoms with van der Waals surface area (Å²) in [6.07, 6.45) is 0. The predicted octanol–water partition coefficient (Wildman–Crippen LogP) is 8.84. The van der Waals surface area contributed by atoms with Crippen molar-refractivity contribution in [3.63, 3.8) is 0 Å². The van der Waals surface area contributed by atoms with Gasteiger partial charge in [0.15, 0.2) is 0 Å². The van der Waals surface area contributed by atoms with Crippen molar-refractivity contribution >= 4 is 112 Å². The van der Waals surface area contributed by atoms with E-state index in [9.17, 15) is 0 Å². The summed E-state index contributed by atoms with van der Waals surface area (Å²) in [6.45, 7) is 0.0469. The van der Waals surface area contributed by atoms with E-state index in [2.05, 4.69) is 176 Å². The highest BCUT2D eigenvalue weighted by Crippen LogP contribution is 2.49. The lowest BCUT2D eigenvalue weighted by molar-refractivity contribution is 1.17. The highest BCUT2D eigenvalue weighted by atomic mass is 15.1. The SMILES string of the molecule is c1cc2c3c(c1)-n1c4ccccc4c4cccc(c41)B3n1c3c-2cccc3c2c1c1cccc3c1n2B1c2c-3cccc2-n2c3ccccc3c3cccc1c32. The van der Waals surface area contributed by atoms with Crippen LogP contribution in [0.3, 0.4) is 0 Å². The van der Waals surface area contributed by atoms with Crippen LogP contribution in [0.15, 0.2) is 158 Å². The number of fused-ring (bicyclic) bond motifs is 19. The number of benzene rings is 8. The fourth-order valence-electron chi connectivity index (χ4n) is 12.3. The van der Waals surface area contributed by atoms with Crippen LogP contribution in [0, 0.1) is 0 Å². The minimum Gasteiger partial charge on any atom is -0.374 e. The molecule has 8 aromatic carbocycles. The van der Waals surface area contributed by atoms with Crippen LogP contribution < -0.4 is 21.9 Å². The van der Waals surface area contributed by atoms with Crippen LogP contribution in [0.4, 0.5) is 0 Å². The molecule has 4 nitrogen and oxygen atoms in total. The van der Waals surface area contributed by atoms with Crippen LogP contribution in [0.2, 0.25) is 0 Å². The van der Waals surface area contributed by atoms with Crippen LogP contribution in [-0.4, -0.2) is 31.8 Å². The van der Waals surface area contributed by atoms with E-state index in [4.69, 9.17) is 0 Å². The third kappa shape index (κ3) is 2.70. The fourth-order valence-corrected chi connectivity index (χ4v) is 12.3. The van der Waals surface area contributed by atoms with E-state index in [-0.39, 0.29) is 13.7 Å². The Labute approximate surface area is 320 Å². The molecule has 4 aliphatic rings. The number of aromatic nitrogens is 4. The fraction of sp³-hybridized carbons (Fsp3) is 0. The van der Waals surface area contributed by atoms with Crippen LogP contribution >= 0.6 is 0 Å². The lowest BCUT2D eigenvalue weighted by Gasteiger charge is -2.34. The average Bonchev–Trinajstić information content (AvgIpc) is 3.98. The number of nitrogens with zero attached hydrogens (tertiary/aromatic N) is 4. The van der Waals surface area contributed by atoms with Crippen molar-refractivity contribution in [2.45, 2.75) is 0 Å². The smallest absolute Gasteiger partial charge is 0.333 e. The molecule has 6 heteroatoms. The van der Waals surface area contributed by atoms with Crippen molar-refractivity contribution in [3.8, 4) is 33.6 Å². The van der Waals surface area contributed by atoms with Gasteiger partial charge in [-0.2, -0.15) is 0 Å². The zero-order valence-electron chi connectivity index (χ0n) is 30.0. The first-order valence-electron chi connectivity index (χ1n) is 19.8. The molecule has 4 aliphatic heterocycles. The summed E-state index contributed by atoms with van der Waals surface area (Å²) >= 11 is 0. The van der Waals surface area contributed by atoms with Crippen LogP contribution in [0.5, 0.6) is 0 Å². The first-order valence-corrected chi connectivity index (χ1v) is 19.8. The molecule has 56 heavy (non-hydrogen) atoms. The minimum atomic E-state index is 0.0235. The van der Waals surface area contributed by atoms with Gasteiger partial charge in [-0.05, 0) is 57.2 Å². The maximum atomic E-state index is 2.77. The molecular weight excluding hydrogens is 678 g/mol. The molecule has 0 saturated heterocycles. The first-order chi connectivity index (χ1) is 27.9. The molecule has 16 rings (SSSR count). The molecule has 252 valence electrons. The number of hydrogen-bond acceptors (Lipinski definition) is 0. The summed E-state index contributed by atoms with van der Waals surface area (Å²) < 4.78 is 10.6. The third-order valence-corrected chi connectivity index (χ3v) is 14.1. The van der Waals surface area contributed by atoms with Gasteiger partial charge >= 0.3 is 13.7 Å². The standard InChI is InChI=1S/C50H26B2N4/c1-3-23-39-27(11-1)31-17-7-21-37-47(31)53(39)41-25-9-13-29-33-15-5-19-35-45(33)55(51(37)43(29)41)49-36-20-6-16-34-30-14-10-26-42-44(30)52(56(46(34)36)50(35)49)38-22-8-18-32-28-12-2-4-24-40(28)54(42)48(32)38/h1-26H. The van der Waals surface area contributed by atoms with Gasteiger partial charge in [0, 0.05) is 65.9 Å². The Morgan fingerprint density at radius 1 is 0.286 bits per heavy atom. The van der Waals surface area contributed by atoms with E-state index in [1.807, 2.05) is 0 Å². The van der Waals surface area contributed by atoms with Crippen molar-refractivity contribution in [1.29, 1.82) is 0 Å². The molecule has 12 aromatic rings. The Kier molecular flexibility index (Phi) is 4.34. The Bertz CT molecular complexity index is 3650. The third-order valence-electron chi connectivity index (χ3n) is 14.1. The van der Waals surface area contributed by atoms with Gasteiger partial charge < -0.3 is 18.1 Å². The normalized spacial score (nSPS) is 14.0. The topological polar surface area (TPSA) is 19.7 Å². The molecule has 0 N–H and O–H groups in total. The van der Waals surface area contributed by atoms with E-state index in [1.54, 1.807) is 0 Å². The van der Waals surface area contributed by atoms with Crippen molar-refractivity contribution < 1.29 is 0 Å². The van der Waals surface area contributed by atoms with Crippen molar-refractivity contribution in [3.05, 3.63) is 158 Å². The number of rotatable bonds is 0. The zero-order valence-corrected chi connectivity index (χ0v) is 30.0. The highest BCUT2D eigenvalue weighted by Gasteiger charge is 2.46. The molecule has 0 aliphatic carbocycles. The first kappa shape index (κ1) is 27.4. The van der Waals surface area contributed by atoms with Gasteiger partial charge in [-0.15, -0.1) is 0 Å². The molecule has 8 heterocycles. The molecule has 0 atom stereocenters.